The highest BCUT2D eigenvalue weighted by molar-refractivity contribution is 7.89. The van der Waals surface area contributed by atoms with E-state index in [1.165, 1.54) is 13.2 Å². The van der Waals surface area contributed by atoms with Gasteiger partial charge < -0.3 is 4.98 Å². The fourth-order valence-electron chi connectivity index (χ4n) is 1.22. The average molecular weight is 242 g/mol. The SMILES string of the molecule is Cc1ncc(S(=O)(=O)N(C)CC(C)C#N)[nH]1. The molecule has 0 saturated carbocycles. The van der Waals surface area contributed by atoms with E-state index in [1.807, 2.05) is 6.07 Å². The molecule has 0 aliphatic rings. The summed E-state index contributed by atoms with van der Waals surface area (Å²) in [5, 5.41) is 8.69. The molecule has 0 aliphatic carbocycles. The Morgan fingerprint density at radius 2 is 2.31 bits per heavy atom. The van der Waals surface area contributed by atoms with E-state index in [2.05, 4.69) is 9.97 Å². The lowest BCUT2D eigenvalue weighted by atomic mass is 10.2. The number of aromatic amines is 1. The van der Waals surface area contributed by atoms with E-state index < -0.39 is 10.0 Å². The van der Waals surface area contributed by atoms with Crippen molar-refractivity contribution in [2.24, 2.45) is 5.92 Å². The largest absolute Gasteiger partial charge is 0.332 e. The Bertz CT molecular complexity index is 500. The van der Waals surface area contributed by atoms with Crippen molar-refractivity contribution in [3.8, 4) is 6.07 Å². The number of nitriles is 1. The number of nitrogens with zero attached hydrogens (tertiary/aromatic N) is 3. The first-order valence-corrected chi connectivity index (χ1v) is 6.19. The van der Waals surface area contributed by atoms with Gasteiger partial charge in [-0.15, -0.1) is 0 Å². The Hall–Kier alpha value is -1.39. The number of hydrogen-bond donors (Lipinski definition) is 1. The zero-order valence-electron chi connectivity index (χ0n) is 9.43. The van der Waals surface area contributed by atoms with Crippen LogP contribution in [0.4, 0.5) is 0 Å². The van der Waals surface area contributed by atoms with Gasteiger partial charge in [-0.2, -0.15) is 9.57 Å². The van der Waals surface area contributed by atoms with E-state index in [-0.39, 0.29) is 17.5 Å². The molecule has 1 rings (SSSR count). The van der Waals surface area contributed by atoms with Gasteiger partial charge in [0, 0.05) is 13.6 Å². The number of imidazole rings is 1. The lowest BCUT2D eigenvalue weighted by molar-refractivity contribution is 0.437. The zero-order valence-corrected chi connectivity index (χ0v) is 10.2. The molecular formula is C9H14N4O2S. The lowest BCUT2D eigenvalue weighted by Crippen LogP contribution is -2.31. The Morgan fingerprint density at radius 1 is 1.69 bits per heavy atom. The van der Waals surface area contributed by atoms with Gasteiger partial charge in [0.15, 0.2) is 5.03 Å². The highest BCUT2D eigenvalue weighted by Crippen LogP contribution is 2.12. The monoisotopic (exact) mass is 242 g/mol. The molecule has 1 aromatic heterocycles. The van der Waals surface area contributed by atoms with Crippen LogP contribution in [0.1, 0.15) is 12.7 Å². The molecule has 88 valence electrons. The van der Waals surface area contributed by atoms with Gasteiger partial charge >= 0.3 is 0 Å². The summed E-state index contributed by atoms with van der Waals surface area (Å²) >= 11 is 0. The maximum atomic E-state index is 11.9. The average Bonchev–Trinajstić information content (AvgIpc) is 2.65. The number of H-pyrrole nitrogens is 1. The van der Waals surface area contributed by atoms with Crippen molar-refractivity contribution in [2.45, 2.75) is 18.9 Å². The molecule has 1 atom stereocenters. The molecular weight excluding hydrogens is 228 g/mol. The summed E-state index contributed by atoms with van der Waals surface area (Å²) in [5.74, 6) is 0.198. The molecule has 0 aromatic carbocycles. The first-order valence-electron chi connectivity index (χ1n) is 4.75. The first kappa shape index (κ1) is 12.7. The predicted octanol–water partition coefficient (Wildman–Crippen LogP) is 0.498. The number of sulfonamides is 1. The summed E-state index contributed by atoms with van der Waals surface area (Å²) in [4.78, 5) is 6.50. The molecule has 6 nitrogen and oxygen atoms in total. The summed E-state index contributed by atoms with van der Waals surface area (Å²) in [6.07, 6.45) is 1.28. The van der Waals surface area contributed by atoms with Crippen molar-refractivity contribution in [3.63, 3.8) is 0 Å². The van der Waals surface area contributed by atoms with Crippen LogP contribution in [0.25, 0.3) is 0 Å². The molecule has 0 amide bonds. The molecule has 0 aliphatic heterocycles. The smallest absolute Gasteiger partial charge is 0.259 e. The van der Waals surface area contributed by atoms with Crippen LogP contribution in [0.3, 0.4) is 0 Å². The van der Waals surface area contributed by atoms with E-state index in [4.69, 9.17) is 5.26 Å². The highest BCUT2D eigenvalue weighted by Gasteiger charge is 2.23. The molecule has 1 N–H and O–H groups in total. The second-order valence-corrected chi connectivity index (χ2v) is 5.66. The molecule has 0 bridgehead atoms. The lowest BCUT2D eigenvalue weighted by Gasteiger charge is -2.16. The van der Waals surface area contributed by atoms with Gasteiger partial charge in [0.2, 0.25) is 0 Å². The third-order valence-corrected chi connectivity index (χ3v) is 3.85. The van der Waals surface area contributed by atoms with Crippen LogP contribution in [-0.2, 0) is 10.0 Å². The van der Waals surface area contributed by atoms with Gasteiger partial charge in [-0.05, 0) is 13.8 Å². The van der Waals surface area contributed by atoms with E-state index in [0.29, 0.717) is 5.82 Å². The van der Waals surface area contributed by atoms with Gasteiger partial charge in [0.05, 0.1) is 18.2 Å². The molecule has 1 heterocycles. The summed E-state index contributed by atoms with van der Waals surface area (Å²) in [6.45, 7) is 3.51. The van der Waals surface area contributed by atoms with E-state index in [1.54, 1.807) is 13.8 Å². The maximum absolute atomic E-state index is 11.9. The molecule has 7 heteroatoms. The van der Waals surface area contributed by atoms with Crippen LogP contribution in [0.2, 0.25) is 0 Å². The van der Waals surface area contributed by atoms with Gasteiger partial charge in [0.25, 0.3) is 10.0 Å². The zero-order chi connectivity index (χ0) is 12.3. The second-order valence-electron chi connectivity index (χ2n) is 3.65. The summed E-state index contributed by atoms with van der Waals surface area (Å²) in [5.41, 5.74) is 0. The number of nitrogens with one attached hydrogen (secondary N) is 1. The summed E-state index contributed by atoms with van der Waals surface area (Å²) in [6, 6.07) is 1.99. The van der Waals surface area contributed by atoms with Crippen LogP contribution < -0.4 is 0 Å². The highest BCUT2D eigenvalue weighted by atomic mass is 32.2. The normalized spacial score (nSPS) is 13.7. The van der Waals surface area contributed by atoms with Gasteiger partial charge in [-0.25, -0.2) is 13.4 Å². The molecule has 0 spiro atoms. The number of rotatable bonds is 4. The van der Waals surface area contributed by atoms with Crippen molar-refractivity contribution in [1.29, 1.82) is 5.26 Å². The van der Waals surface area contributed by atoms with Crippen LogP contribution in [-0.4, -0.2) is 36.3 Å². The molecule has 1 unspecified atom stereocenters. The van der Waals surface area contributed by atoms with Gasteiger partial charge in [-0.1, -0.05) is 0 Å². The van der Waals surface area contributed by atoms with E-state index in [9.17, 15) is 8.42 Å². The molecule has 0 fully saturated rings. The minimum Gasteiger partial charge on any atom is -0.332 e. The van der Waals surface area contributed by atoms with Crippen molar-refractivity contribution in [1.82, 2.24) is 14.3 Å². The summed E-state index contributed by atoms with van der Waals surface area (Å²) in [7, 11) is -2.12. The number of hydrogen-bond acceptors (Lipinski definition) is 4. The van der Waals surface area contributed by atoms with Crippen molar-refractivity contribution in [3.05, 3.63) is 12.0 Å². The van der Waals surface area contributed by atoms with Crippen LogP contribution in [0.5, 0.6) is 0 Å². The van der Waals surface area contributed by atoms with Gasteiger partial charge in [0.1, 0.15) is 5.82 Å². The fraction of sp³-hybridized carbons (Fsp3) is 0.556. The minimum absolute atomic E-state index is 0.0534. The Kier molecular flexibility index (Phi) is 3.67. The topological polar surface area (TPSA) is 89.8 Å². The summed E-state index contributed by atoms with van der Waals surface area (Å²) < 4.78 is 25.0. The predicted molar refractivity (Wildman–Crippen MR) is 57.9 cm³/mol. The van der Waals surface area contributed by atoms with Crippen LogP contribution in [0.15, 0.2) is 11.2 Å². The van der Waals surface area contributed by atoms with Gasteiger partial charge in [-0.3, -0.25) is 0 Å². The molecule has 0 radical (unpaired) electrons. The van der Waals surface area contributed by atoms with Crippen molar-refractivity contribution < 1.29 is 8.42 Å². The maximum Gasteiger partial charge on any atom is 0.259 e. The van der Waals surface area contributed by atoms with E-state index >= 15 is 0 Å². The standard InChI is InChI=1S/C9H14N4O2S/c1-7(4-10)6-13(3)16(14,15)9-5-11-8(2)12-9/h5,7H,6H2,1-3H3,(H,11,12). The Labute approximate surface area is 95.0 Å². The first-order chi connectivity index (χ1) is 7.37. The van der Waals surface area contributed by atoms with Crippen LogP contribution >= 0.6 is 0 Å². The van der Waals surface area contributed by atoms with Crippen molar-refractivity contribution in [2.75, 3.05) is 13.6 Å². The fourth-order valence-corrected chi connectivity index (χ4v) is 2.44. The Morgan fingerprint density at radius 3 is 2.75 bits per heavy atom. The minimum atomic E-state index is -3.56. The Balaban J connectivity index is 2.91. The third-order valence-electron chi connectivity index (χ3n) is 2.12. The quantitative estimate of drug-likeness (QED) is 0.832. The second kappa shape index (κ2) is 4.63. The van der Waals surface area contributed by atoms with Crippen LogP contribution in [0, 0.1) is 24.2 Å². The number of aryl methyl sites for hydroxylation is 1. The third kappa shape index (κ3) is 2.59. The molecule has 0 saturated heterocycles. The molecule has 1 aromatic rings. The van der Waals surface area contributed by atoms with Crippen molar-refractivity contribution >= 4 is 10.0 Å². The molecule has 16 heavy (non-hydrogen) atoms. The van der Waals surface area contributed by atoms with E-state index in [0.717, 1.165) is 4.31 Å². The number of aromatic nitrogens is 2.